The molecule has 0 aliphatic carbocycles. The molecule has 2 heterocycles. The fourth-order valence-electron chi connectivity index (χ4n) is 3.03. The third-order valence-corrected chi connectivity index (χ3v) is 4.45. The van der Waals surface area contributed by atoms with Crippen molar-refractivity contribution in [3.8, 4) is 17.3 Å². The second-order valence-corrected chi connectivity index (χ2v) is 6.71. The molecular weight excluding hydrogens is 380 g/mol. The highest BCUT2D eigenvalue weighted by molar-refractivity contribution is 5.93. The summed E-state index contributed by atoms with van der Waals surface area (Å²) in [7, 11) is 3.35. The molecule has 8 nitrogen and oxygen atoms in total. The summed E-state index contributed by atoms with van der Waals surface area (Å²) in [5.41, 5.74) is 3.91. The lowest BCUT2D eigenvalue weighted by atomic mass is 10.2. The molecule has 0 fully saturated rings. The molecule has 0 aliphatic heterocycles. The van der Waals surface area contributed by atoms with Gasteiger partial charge in [-0.05, 0) is 50.6 Å². The molecule has 30 heavy (non-hydrogen) atoms. The first-order chi connectivity index (χ1) is 14.5. The molecular formula is C22H28N6O2. The summed E-state index contributed by atoms with van der Waals surface area (Å²) in [5, 5.41) is 11.0. The summed E-state index contributed by atoms with van der Waals surface area (Å²) >= 11 is 0. The molecule has 0 saturated heterocycles. The number of hydrogen-bond acceptors (Lipinski definition) is 5. The van der Waals surface area contributed by atoms with Gasteiger partial charge in [-0.15, -0.1) is 0 Å². The van der Waals surface area contributed by atoms with Crippen LogP contribution >= 0.6 is 0 Å². The van der Waals surface area contributed by atoms with E-state index in [1.54, 1.807) is 14.2 Å². The Morgan fingerprint density at radius 1 is 1.13 bits per heavy atom. The average molecular weight is 409 g/mol. The van der Waals surface area contributed by atoms with Crippen LogP contribution < -0.4 is 20.1 Å². The number of methoxy groups -OCH3 is 1. The maximum Gasteiger partial charge on any atom is 0.195 e. The molecule has 0 bridgehead atoms. The van der Waals surface area contributed by atoms with Gasteiger partial charge in [0.25, 0.3) is 0 Å². The van der Waals surface area contributed by atoms with Gasteiger partial charge in [0.05, 0.1) is 19.4 Å². The molecule has 0 spiro atoms. The fourth-order valence-corrected chi connectivity index (χ4v) is 3.03. The summed E-state index contributed by atoms with van der Waals surface area (Å²) in [4.78, 5) is 8.81. The first kappa shape index (κ1) is 21.2. The smallest absolute Gasteiger partial charge is 0.195 e. The van der Waals surface area contributed by atoms with Crippen LogP contribution in [0.2, 0.25) is 0 Å². The maximum atomic E-state index is 5.56. The Bertz CT molecular complexity index is 1010. The van der Waals surface area contributed by atoms with Gasteiger partial charge in [0, 0.05) is 37.2 Å². The van der Waals surface area contributed by atoms with Gasteiger partial charge in [0.15, 0.2) is 23.3 Å². The molecule has 8 heteroatoms. The van der Waals surface area contributed by atoms with E-state index in [2.05, 4.69) is 25.7 Å². The number of nitrogens with zero attached hydrogens (tertiary/aromatic N) is 4. The normalized spacial score (nSPS) is 11.3. The summed E-state index contributed by atoms with van der Waals surface area (Å²) < 4.78 is 12.8. The number of pyridine rings is 1. The van der Waals surface area contributed by atoms with Gasteiger partial charge in [0.1, 0.15) is 0 Å². The lowest BCUT2D eigenvalue weighted by Crippen LogP contribution is -2.30. The number of hydrogen-bond donors (Lipinski definition) is 2. The van der Waals surface area contributed by atoms with Gasteiger partial charge in [-0.25, -0.2) is 9.67 Å². The zero-order valence-electron chi connectivity index (χ0n) is 18.1. The van der Waals surface area contributed by atoms with Crippen LogP contribution in [0.5, 0.6) is 11.5 Å². The quantitative estimate of drug-likeness (QED) is 0.460. The third-order valence-electron chi connectivity index (χ3n) is 4.45. The van der Waals surface area contributed by atoms with Gasteiger partial charge in [-0.1, -0.05) is 6.07 Å². The third kappa shape index (κ3) is 5.08. The van der Waals surface area contributed by atoms with Crippen molar-refractivity contribution in [1.29, 1.82) is 0 Å². The van der Waals surface area contributed by atoms with Crippen LogP contribution in [0.4, 0.5) is 5.69 Å². The molecule has 1 aromatic carbocycles. The first-order valence-electron chi connectivity index (χ1n) is 9.81. The highest BCUT2D eigenvalue weighted by atomic mass is 16.5. The minimum absolute atomic E-state index is 0.582. The number of aryl methyl sites for hydroxylation is 2. The van der Waals surface area contributed by atoms with Crippen molar-refractivity contribution in [2.45, 2.75) is 27.3 Å². The monoisotopic (exact) mass is 408 g/mol. The van der Waals surface area contributed by atoms with Gasteiger partial charge in [-0.2, -0.15) is 5.10 Å². The van der Waals surface area contributed by atoms with E-state index in [1.165, 1.54) is 0 Å². The second kappa shape index (κ2) is 9.78. The van der Waals surface area contributed by atoms with Crippen LogP contribution in [0.25, 0.3) is 5.82 Å². The maximum absolute atomic E-state index is 5.56. The molecule has 2 N–H and O–H groups in total. The van der Waals surface area contributed by atoms with Crippen molar-refractivity contribution >= 4 is 11.6 Å². The number of rotatable bonds is 7. The summed E-state index contributed by atoms with van der Waals surface area (Å²) in [5.74, 6) is 2.82. The zero-order valence-corrected chi connectivity index (χ0v) is 18.1. The van der Waals surface area contributed by atoms with Gasteiger partial charge in [0.2, 0.25) is 0 Å². The minimum Gasteiger partial charge on any atom is -0.493 e. The van der Waals surface area contributed by atoms with E-state index in [-0.39, 0.29) is 0 Å². The van der Waals surface area contributed by atoms with Gasteiger partial charge >= 0.3 is 0 Å². The molecule has 0 unspecified atom stereocenters. The van der Waals surface area contributed by atoms with Crippen molar-refractivity contribution in [1.82, 2.24) is 20.1 Å². The predicted octanol–water partition coefficient (Wildman–Crippen LogP) is 3.48. The van der Waals surface area contributed by atoms with Crippen LogP contribution in [-0.2, 0) is 6.54 Å². The minimum atomic E-state index is 0.582. The number of ether oxygens (including phenoxy) is 2. The summed E-state index contributed by atoms with van der Waals surface area (Å²) in [6, 6.07) is 11.7. The van der Waals surface area contributed by atoms with Crippen LogP contribution in [0.1, 0.15) is 23.9 Å². The Kier molecular flexibility index (Phi) is 6.90. The lowest BCUT2D eigenvalue weighted by Gasteiger charge is -2.14. The molecule has 0 radical (unpaired) electrons. The van der Waals surface area contributed by atoms with Crippen LogP contribution in [0.15, 0.2) is 47.6 Å². The Hall–Kier alpha value is -3.55. The molecule has 158 valence electrons. The lowest BCUT2D eigenvalue weighted by molar-refractivity contribution is 0.311. The second-order valence-electron chi connectivity index (χ2n) is 6.71. The van der Waals surface area contributed by atoms with Crippen LogP contribution in [-0.4, -0.2) is 41.5 Å². The molecule has 3 rings (SSSR count). The van der Waals surface area contributed by atoms with E-state index >= 15 is 0 Å². The number of aliphatic imine (C=N–C) groups is 1. The van der Waals surface area contributed by atoms with Crippen molar-refractivity contribution in [2.24, 2.45) is 4.99 Å². The molecule has 2 aromatic heterocycles. The Balaban J connectivity index is 1.62. The number of nitrogens with one attached hydrogen (secondary N) is 2. The standard InChI is InChI=1S/C22H28N6O2/c1-6-30-19-9-8-18(12-20(19)29-5)26-22(23-4)25-14-17-7-10-21(24-13-17)28-16(3)11-15(2)27-28/h7-13H,6,14H2,1-5H3,(H2,23,25,26). The average Bonchev–Trinajstić information content (AvgIpc) is 3.10. The van der Waals surface area contributed by atoms with Crippen molar-refractivity contribution in [2.75, 3.05) is 26.1 Å². The van der Waals surface area contributed by atoms with E-state index in [9.17, 15) is 0 Å². The summed E-state index contributed by atoms with van der Waals surface area (Å²) in [6.07, 6.45) is 1.84. The largest absolute Gasteiger partial charge is 0.493 e. The molecule has 0 aliphatic rings. The number of anilines is 1. The van der Waals surface area contributed by atoms with Crippen LogP contribution in [0.3, 0.4) is 0 Å². The predicted molar refractivity (Wildman–Crippen MR) is 119 cm³/mol. The highest BCUT2D eigenvalue weighted by Crippen LogP contribution is 2.30. The van der Waals surface area contributed by atoms with E-state index in [4.69, 9.17) is 9.47 Å². The van der Waals surface area contributed by atoms with Gasteiger partial charge < -0.3 is 20.1 Å². The Labute approximate surface area is 177 Å². The number of aromatic nitrogens is 3. The van der Waals surface area contributed by atoms with Crippen LogP contribution in [0, 0.1) is 13.8 Å². The van der Waals surface area contributed by atoms with E-state index in [1.807, 2.05) is 68.0 Å². The molecule has 0 amide bonds. The molecule has 3 aromatic rings. The Morgan fingerprint density at radius 2 is 1.97 bits per heavy atom. The molecule has 0 saturated carbocycles. The van der Waals surface area contributed by atoms with E-state index in [0.29, 0.717) is 30.6 Å². The topological polar surface area (TPSA) is 85.6 Å². The van der Waals surface area contributed by atoms with Crippen molar-refractivity contribution < 1.29 is 9.47 Å². The Morgan fingerprint density at radius 3 is 2.57 bits per heavy atom. The van der Waals surface area contributed by atoms with E-state index < -0.39 is 0 Å². The van der Waals surface area contributed by atoms with Crippen molar-refractivity contribution in [3.63, 3.8) is 0 Å². The number of benzene rings is 1. The van der Waals surface area contributed by atoms with Crippen molar-refractivity contribution in [3.05, 3.63) is 59.5 Å². The zero-order chi connectivity index (χ0) is 21.5. The SMILES string of the molecule is CCOc1ccc(NC(=NC)NCc2ccc(-n3nc(C)cc3C)nc2)cc1OC. The van der Waals surface area contributed by atoms with E-state index in [0.717, 1.165) is 28.5 Å². The van der Waals surface area contributed by atoms with Gasteiger partial charge in [-0.3, -0.25) is 4.99 Å². The number of guanidine groups is 1. The first-order valence-corrected chi connectivity index (χ1v) is 9.81. The highest BCUT2D eigenvalue weighted by Gasteiger charge is 2.08. The molecule has 0 atom stereocenters. The summed E-state index contributed by atoms with van der Waals surface area (Å²) in [6.45, 7) is 7.09. The fraction of sp³-hybridized carbons (Fsp3) is 0.318.